The molecule has 4 aliphatic rings. The summed E-state index contributed by atoms with van der Waals surface area (Å²) < 4.78 is 46.2. The molecule has 4 aliphatic heterocycles. The van der Waals surface area contributed by atoms with Gasteiger partial charge in [0.2, 0.25) is 35.4 Å². The lowest BCUT2D eigenvalue weighted by Crippen LogP contribution is -2.62. The van der Waals surface area contributed by atoms with Crippen LogP contribution in [-0.4, -0.2) is 133 Å². The van der Waals surface area contributed by atoms with Crippen LogP contribution in [0, 0.1) is 11.8 Å². The number of nitrogens with zero attached hydrogens (tertiary/aromatic N) is 3. The van der Waals surface area contributed by atoms with Crippen LogP contribution in [0.15, 0.2) is 103 Å². The highest BCUT2D eigenvalue weighted by atomic mass is 31.2. The van der Waals surface area contributed by atoms with Gasteiger partial charge in [-0.3, -0.25) is 48.2 Å². The molecule has 5 atom stereocenters. The molecule has 9 amide bonds. The Balaban J connectivity index is 0.888. The minimum absolute atomic E-state index is 0.0138. The van der Waals surface area contributed by atoms with Crippen molar-refractivity contribution in [2.24, 2.45) is 5.73 Å². The van der Waals surface area contributed by atoms with Crippen LogP contribution in [0.25, 0.3) is 10.9 Å². The predicted molar refractivity (Wildman–Crippen MR) is 293 cm³/mol. The Kier molecular flexibility index (Phi) is 17.8. The molecule has 0 bridgehead atoms. The van der Waals surface area contributed by atoms with Gasteiger partial charge >= 0.3 is 19.4 Å². The molecule has 9 N–H and O–H groups in total. The van der Waals surface area contributed by atoms with Crippen LogP contribution in [0.1, 0.15) is 119 Å². The molecular formula is C58H60F2N9O13P. The van der Waals surface area contributed by atoms with E-state index in [1.807, 2.05) is 12.1 Å². The van der Waals surface area contributed by atoms with Crippen molar-refractivity contribution in [2.75, 3.05) is 19.7 Å². The number of rotatable bonds is 18. The number of unbranched alkanes of at least 4 members (excludes halogenated alkanes) is 3. The molecule has 22 nitrogen and oxygen atoms in total. The van der Waals surface area contributed by atoms with Crippen LogP contribution in [0.5, 0.6) is 0 Å². The number of carbonyl (C=O) groups is 9. The summed E-state index contributed by atoms with van der Waals surface area (Å²) in [4.78, 5) is 147. The van der Waals surface area contributed by atoms with Gasteiger partial charge in [0.15, 0.2) is 0 Å². The van der Waals surface area contributed by atoms with Crippen LogP contribution >= 0.6 is 7.60 Å². The number of nitrogens with one attached hydrogen (secondary N) is 5. The Morgan fingerprint density at radius 3 is 2.27 bits per heavy atom. The maximum Gasteiger partial charge on any atom is 0.404 e. The summed E-state index contributed by atoms with van der Waals surface area (Å²) in [5, 5.41) is 10.5. The molecule has 3 saturated heterocycles. The maximum atomic E-state index is 15.0. The van der Waals surface area contributed by atoms with Gasteiger partial charge in [-0.05, 0) is 85.5 Å². The zero-order valence-electron chi connectivity index (χ0n) is 44.7. The van der Waals surface area contributed by atoms with Crippen molar-refractivity contribution in [3.8, 4) is 11.8 Å². The first-order chi connectivity index (χ1) is 39.7. The number of alkyl halides is 2. The number of H-pyrrole nitrogens is 1. The number of carbonyl (C=O) groups excluding carboxylic acids is 9. The van der Waals surface area contributed by atoms with Gasteiger partial charge in [-0.25, -0.2) is 4.79 Å². The summed E-state index contributed by atoms with van der Waals surface area (Å²) in [6.45, 7) is -0.750. The number of primary amides is 1. The number of halogens is 2. The molecule has 25 heteroatoms. The van der Waals surface area contributed by atoms with Crippen molar-refractivity contribution in [2.45, 2.75) is 113 Å². The Labute approximate surface area is 474 Å². The number of fused-ring (bicyclic) bond motifs is 3. The van der Waals surface area contributed by atoms with E-state index >= 15 is 4.79 Å². The second kappa shape index (κ2) is 25.2. The molecule has 0 spiro atoms. The van der Waals surface area contributed by atoms with Crippen LogP contribution < -0.4 is 27.0 Å². The molecule has 3 fully saturated rings. The third-order valence-corrected chi connectivity index (χ3v) is 16.3. The van der Waals surface area contributed by atoms with E-state index in [1.165, 1.54) is 14.7 Å². The first kappa shape index (κ1) is 58.9. The zero-order chi connectivity index (χ0) is 59.2. The largest absolute Gasteiger partial charge is 0.447 e. The van der Waals surface area contributed by atoms with Gasteiger partial charge < -0.3 is 55.9 Å². The average Bonchev–Trinajstić information content (AvgIpc) is 4.43. The van der Waals surface area contributed by atoms with Crippen molar-refractivity contribution in [3.05, 3.63) is 142 Å². The molecule has 434 valence electrons. The Morgan fingerprint density at radius 2 is 1.58 bits per heavy atom. The maximum absolute atomic E-state index is 15.0. The van der Waals surface area contributed by atoms with Gasteiger partial charge in [0, 0.05) is 72.5 Å². The van der Waals surface area contributed by atoms with Crippen LogP contribution in [0.3, 0.4) is 0 Å². The number of amides is 9. The van der Waals surface area contributed by atoms with Gasteiger partial charge in [-0.15, -0.1) is 0 Å². The summed E-state index contributed by atoms with van der Waals surface area (Å²) in [6.07, 6.45) is 1.87. The highest BCUT2D eigenvalue weighted by Gasteiger charge is 2.51. The first-order valence-corrected chi connectivity index (χ1v) is 28.7. The fourth-order valence-electron chi connectivity index (χ4n) is 11.0. The molecule has 5 heterocycles. The van der Waals surface area contributed by atoms with E-state index in [2.05, 4.69) is 38.1 Å². The Hall–Kier alpha value is -8.78. The molecule has 1 unspecified atom stereocenters. The highest BCUT2D eigenvalue weighted by molar-refractivity contribution is 7.52. The van der Waals surface area contributed by atoms with Gasteiger partial charge in [0.05, 0.1) is 6.04 Å². The minimum Gasteiger partial charge on any atom is -0.447 e. The molecule has 5 aromatic rings. The number of aromatic nitrogens is 1. The van der Waals surface area contributed by atoms with Crippen molar-refractivity contribution >= 4 is 71.8 Å². The second-order valence-corrected chi connectivity index (χ2v) is 22.4. The number of imide groups is 1. The lowest BCUT2D eigenvalue weighted by Gasteiger charge is -2.39. The number of hydrogen-bond donors (Lipinski definition) is 8. The molecule has 0 saturated carbocycles. The van der Waals surface area contributed by atoms with Crippen molar-refractivity contribution in [1.82, 2.24) is 41.0 Å². The van der Waals surface area contributed by atoms with E-state index in [4.69, 9.17) is 10.5 Å². The first-order valence-electron chi connectivity index (χ1n) is 27.0. The summed E-state index contributed by atoms with van der Waals surface area (Å²) in [6, 6.07) is 20.7. The summed E-state index contributed by atoms with van der Waals surface area (Å²) >= 11 is 0. The summed E-state index contributed by atoms with van der Waals surface area (Å²) in [7, 11) is -5.94. The summed E-state index contributed by atoms with van der Waals surface area (Å²) in [5.74, 6) is 1.56. The third kappa shape index (κ3) is 13.3. The van der Waals surface area contributed by atoms with E-state index in [-0.39, 0.29) is 92.5 Å². The van der Waals surface area contributed by atoms with Crippen LogP contribution in [-0.2, 0) is 50.3 Å². The highest BCUT2D eigenvalue weighted by Crippen LogP contribution is 2.59. The Morgan fingerprint density at radius 1 is 0.855 bits per heavy atom. The Bertz CT molecular complexity index is 3440. The molecular weight excluding hydrogens is 1100 g/mol. The average molecular weight is 1160 g/mol. The van der Waals surface area contributed by atoms with E-state index < -0.39 is 97.3 Å². The van der Waals surface area contributed by atoms with Crippen molar-refractivity contribution in [1.29, 1.82) is 0 Å². The number of benzene rings is 4. The molecule has 0 radical (unpaired) electrons. The van der Waals surface area contributed by atoms with E-state index in [9.17, 15) is 61.5 Å². The molecule has 83 heavy (non-hydrogen) atoms. The van der Waals surface area contributed by atoms with E-state index in [1.54, 1.807) is 66.7 Å². The summed E-state index contributed by atoms with van der Waals surface area (Å²) in [5.41, 5.74) is 2.85. The van der Waals surface area contributed by atoms with Gasteiger partial charge in [0.1, 0.15) is 36.5 Å². The van der Waals surface area contributed by atoms with E-state index in [0.29, 0.717) is 53.5 Å². The predicted octanol–water partition coefficient (Wildman–Crippen LogP) is 4.33. The smallest absolute Gasteiger partial charge is 0.404 e. The molecule has 0 aliphatic carbocycles. The standard InChI is InChI=1S/C58H60F2N9O13P/c59-58(60,83(79,80)81)38-21-23-42-37(29-38)30-43(62-42)51(72)63-44-32-67(49(71)20-11-3-1-2-6-13-34-18-12-19-40-41(34)31-68(55(40)76)46-25-26-48(70)65-53(46)74)28-27-39-22-24-47(69(39)56(44)77)54(75)64-45(33-82-57(61)78)52(73)66-50(35-14-7-4-8-15-35)36-16-9-5-10-17-36/h4-5,7-10,12,14-19,21,23,29-30,39,44-47,50,62H,1-3,11,20,22,24-28,31-33H2,(H2,61,78)(H,63,72)(H,64,75)(H,66,73)(H,65,70,74)(H2,79,80,81)/t39-,44+,45+,46?,47+/m1/s1. The monoisotopic (exact) mass is 1160 g/mol. The van der Waals surface area contributed by atoms with Crippen molar-refractivity contribution < 1.29 is 71.0 Å². The fraction of sp³-hybridized carbons (Fsp3) is 0.362. The number of nitrogens with two attached hydrogens (primary N) is 1. The molecule has 4 aromatic carbocycles. The number of hydrogen-bond acceptors (Lipinski definition) is 11. The van der Waals surface area contributed by atoms with Gasteiger partial charge in [-0.2, -0.15) is 8.78 Å². The number of ether oxygens (including phenoxy) is 1. The normalized spacial score (nSPS) is 19.4. The quantitative estimate of drug-likeness (QED) is 0.0263. The van der Waals surface area contributed by atoms with Crippen molar-refractivity contribution in [3.63, 3.8) is 0 Å². The number of aromatic amines is 1. The SMILES string of the molecule is NC(=O)OC[C@H](NC(=O)[C@@H]1CC[C@@H]2CCN(C(=O)CCCCCC#Cc3cccc4c3CN(C3CCC(=O)NC3=O)C4=O)C[C@H](NC(=O)c3cc4cc(C(F)(F)P(=O)(O)O)ccc4[nH]3)C(=O)N21)C(=O)NC(c1ccccc1)c1ccccc1. The number of piperidine rings is 1. The lowest BCUT2D eigenvalue weighted by molar-refractivity contribution is -0.146. The van der Waals surface area contributed by atoms with Crippen LogP contribution in [0.2, 0.25) is 0 Å². The minimum atomic E-state index is -5.94. The topological polar surface area (TPSA) is 320 Å². The van der Waals surface area contributed by atoms with Gasteiger partial charge in [0.25, 0.3) is 11.8 Å². The fourth-order valence-corrected chi connectivity index (χ4v) is 11.5. The zero-order valence-corrected chi connectivity index (χ0v) is 45.6. The molecule has 1 aromatic heterocycles. The van der Waals surface area contributed by atoms with Gasteiger partial charge in [-0.1, -0.05) is 91.1 Å². The lowest BCUT2D eigenvalue weighted by atomic mass is 9.98. The van der Waals surface area contributed by atoms with E-state index in [0.717, 1.165) is 24.3 Å². The van der Waals surface area contributed by atoms with Crippen LogP contribution in [0.4, 0.5) is 13.6 Å². The second-order valence-electron chi connectivity index (χ2n) is 20.8. The third-order valence-electron chi connectivity index (χ3n) is 15.3. The molecule has 9 rings (SSSR count).